The third kappa shape index (κ3) is 2.52. The quantitative estimate of drug-likeness (QED) is 0.927. The van der Waals surface area contributed by atoms with Gasteiger partial charge in [0.05, 0.1) is 5.69 Å². The van der Waals surface area contributed by atoms with E-state index in [-0.39, 0.29) is 5.56 Å². The molecule has 0 radical (unpaired) electrons. The smallest absolute Gasteiger partial charge is 0.271 e. The van der Waals surface area contributed by atoms with Crippen LogP contribution in [-0.2, 0) is 6.42 Å². The van der Waals surface area contributed by atoms with Gasteiger partial charge in [-0.3, -0.25) is 9.89 Å². The number of halogens is 1. The minimum atomic E-state index is -0.00104. The Morgan fingerprint density at radius 3 is 2.76 bits per heavy atom. The number of nitrogens with one attached hydrogen (secondary N) is 1. The lowest BCUT2D eigenvalue weighted by atomic mass is 10.2. The van der Waals surface area contributed by atoms with Crippen LogP contribution < -0.4 is 5.56 Å². The topological polar surface area (TPSA) is 37.8 Å². The van der Waals surface area contributed by atoms with Gasteiger partial charge in [-0.25, -0.2) is 4.68 Å². The number of H-pyrrole nitrogens is 1. The Morgan fingerprint density at radius 1 is 1.35 bits per heavy atom. The maximum absolute atomic E-state index is 11.9. The number of hydrogen-bond acceptors (Lipinski definition) is 1. The highest BCUT2D eigenvalue weighted by Gasteiger charge is 2.07. The summed E-state index contributed by atoms with van der Waals surface area (Å²) in [6.07, 6.45) is 1.93. The highest BCUT2D eigenvalue weighted by molar-refractivity contribution is 9.10. The van der Waals surface area contributed by atoms with E-state index in [1.165, 1.54) is 0 Å². The molecule has 0 atom stereocenters. The molecule has 0 saturated carbocycles. The fraction of sp³-hybridized carbons (Fsp3) is 0.308. The van der Waals surface area contributed by atoms with Gasteiger partial charge in [-0.1, -0.05) is 29.3 Å². The Kier molecular flexibility index (Phi) is 3.52. The van der Waals surface area contributed by atoms with E-state index >= 15 is 0 Å². The first-order valence-corrected chi connectivity index (χ1v) is 6.48. The zero-order valence-electron chi connectivity index (χ0n) is 9.96. The lowest BCUT2D eigenvalue weighted by molar-refractivity contribution is 0.789. The van der Waals surface area contributed by atoms with E-state index in [9.17, 15) is 4.79 Å². The fourth-order valence-electron chi connectivity index (χ4n) is 1.89. The molecule has 1 N–H and O–H groups in total. The summed E-state index contributed by atoms with van der Waals surface area (Å²) in [5, 5.41) is 3.15. The Balaban J connectivity index is 2.49. The zero-order chi connectivity index (χ0) is 12.4. The summed E-state index contributed by atoms with van der Waals surface area (Å²) in [6.45, 7) is 4.09. The van der Waals surface area contributed by atoms with Crippen molar-refractivity contribution in [2.24, 2.45) is 0 Å². The SMILES string of the molecule is CCCc1cc(=O)n(-c2ccc(Br)cc2C)[nH]1. The summed E-state index contributed by atoms with van der Waals surface area (Å²) in [7, 11) is 0. The highest BCUT2D eigenvalue weighted by Crippen LogP contribution is 2.17. The van der Waals surface area contributed by atoms with Crippen molar-refractivity contribution >= 4 is 15.9 Å². The second-order valence-corrected chi connectivity index (χ2v) is 5.05. The Bertz CT molecular complexity index is 583. The van der Waals surface area contributed by atoms with Crippen molar-refractivity contribution in [3.63, 3.8) is 0 Å². The van der Waals surface area contributed by atoms with Crippen molar-refractivity contribution in [2.75, 3.05) is 0 Å². The fourth-order valence-corrected chi connectivity index (χ4v) is 2.37. The molecule has 0 spiro atoms. The summed E-state index contributed by atoms with van der Waals surface area (Å²) < 4.78 is 2.62. The monoisotopic (exact) mass is 294 g/mol. The summed E-state index contributed by atoms with van der Waals surface area (Å²) in [5.41, 5.74) is 2.95. The van der Waals surface area contributed by atoms with Crippen LogP contribution in [-0.4, -0.2) is 9.78 Å². The molecule has 0 bridgehead atoms. The van der Waals surface area contributed by atoms with Crippen LogP contribution in [0.1, 0.15) is 24.6 Å². The molecule has 3 nitrogen and oxygen atoms in total. The molecule has 90 valence electrons. The molecule has 1 heterocycles. The first-order valence-electron chi connectivity index (χ1n) is 5.69. The molecule has 1 aromatic heterocycles. The summed E-state index contributed by atoms with van der Waals surface area (Å²) in [4.78, 5) is 11.9. The van der Waals surface area contributed by atoms with Gasteiger partial charge in [-0.05, 0) is 37.1 Å². The molecule has 0 unspecified atom stereocenters. The van der Waals surface area contributed by atoms with Gasteiger partial charge < -0.3 is 0 Å². The number of nitrogens with zero attached hydrogens (tertiary/aromatic N) is 1. The van der Waals surface area contributed by atoms with Gasteiger partial charge >= 0.3 is 0 Å². The first kappa shape index (κ1) is 12.2. The molecule has 1 aromatic carbocycles. The molecule has 0 aliphatic heterocycles. The number of aromatic nitrogens is 2. The first-order chi connectivity index (χ1) is 8.11. The number of rotatable bonds is 3. The molecule has 0 aliphatic rings. The normalized spacial score (nSPS) is 10.8. The van der Waals surface area contributed by atoms with Gasteiger partial charge in [-0.15, -0.1) is 0 Å². The maximum atomic E-state index is 11.9. The van der Waals surface area contributed by atoms with E-state index in [1.54, 1.807) is 10.7 Å². The van der Waals surface area contributed by atoms with E-state index in [0.29, 0.717) is 0 Å². The second kappa shape index (κ2) is 4.92. The number of aromatic amines is 1. The van der Waals surface area contributed by atoms with E-state index in [1.807, 2.05) is 25.1 Å². The van der Waals surface area contributed by atoms with E-state index < -0.39 is 0 Å². The molecular formula is C13H15BrN2O. The lowest BCUT2D eigenvalue weighted by Crippen LogP contribution is -2.14. The van der Waals surface area contributed by atoms with Gasteiger partial charge in [0.15, 0.2) is 0 Å². The van der Waals surface area contributed by atoms with Gasteiger partial charge in [0.2, 0.25) is 0 Å². The van der Waals surface area contributed by atoms with Crippen molar-refractivity contribution in [3.05, 3.63) is 50.3 Å². The van der Waals surface area contributed by atoms with Gasteiger partial charge in [0.1, 0.15) is 0 Å². The van der Waals surface area contributed by atoms with E-state index in [2.05, 4.69) is 28.0 Å². The van der Waals surface area contributed by atoms with E-state index in [0.717, 1.165) is 34.3 Å². The number of benzene rings is 1. The average molecular weight is 295 g/mol. The third-order valence-electron chi connectivity index (χ3n) is 2.69. The largest absolute Gasteiger partial charge is 0.295 e. The van der Waals surface area contributed by atoms with Crippen LogP contribution >= 0.6 is 15.9 Å². The Hall–Kier alpha value is -1.29. The molecule has 2 rings (SSSR count). The number of hydrogen-bond donors (Lipinski definition) is 1. The van der Waals surface area contributed by atoms with Crippen molar-refractivity contribution in [3.8, 4) is 5.69 Å². The second-order valence-electron chi connectivity index (χ2n) is 4.14. The van der Waals surface area contributed by atoms with Crippen molar-refractivity contribution in [1.82, 2.24) is 9.78 Å². The molecule has 0 amide bonds. The van der Waals surface area contributed by atoms with Gasteiger partial charge in [0.25, 0.3) is 5.56 Å². The summed E-state index contributed by atoms with van der Waals surface area (Å²) >= 11 is 3.42. The molecule has 0 saturated heterocycles. The molecular weight excluding hydrogens is 280 g/mol. The molecule has 0 aliphatic carbocycles. The Labute approximate surface area is 109 Å². The van der Waals surface area contributed by atoms with Crippen LogP contribution in [0.5, 0.6) is 0 Å². The van der Waals surface area contributed by atoms with Crippen LogP contribution in [0.4, 0.5) is 0 Å². The van der Waals surface area contributed by atoms with Crippen molar-refractivity contribution in [2.45, 2.75) is 26.7 Å². The molecule has 0 fully saturated rings. The van der Waals surface area contributed by atoms with Crippen LogP contribution in [0.25, 0.3) is 5.69 Å². The number of aryl methyl sites for hydroxylation is 2. The van der Waals surface area contributed by atoms with Crippen LogP contribution in [0.15, 0.2) is 33.5 Å². The molecule has 4 heteroatoms. The summed E-state index contributed by atoms with van der Waals surface area (Å²) in [5.74, 6) is 0. The summed E-state index contributed by atoms with van der Waals surface area (Å²) in [6, 6.07) is 7.55. The van der Waals surface area contributed by atoms with Crippen molar-refractivity contribution < 1.29 is 0 Å². The van der Waals surface area contributed by atoms with Crippen molar-refractivity contribution in [1.29, 1.82) is 0 Å². The lowest BCUT2D eigenvalue weighted by Gasteiger charge is -2.06. The maximum Gasteiger partial charge on any atom is 0.271 e. The molecule has 2 aromatic rings. The van der Waals surface area contributed by atoms with Crippen LogP contribution in [0.2, 0.25) is 0 Å². The van der Waals surface area contributed by atoms with Crippen LogP contribution in [0.3, 0.4) is 0 Å². The van der Waals surface area contributed by atoms with E-state index in [4.69, 9.17) is 0 Å². The molecule has 17 heavy (non-hydrogen) atoms. The Morgan fingerprint density at radius 2 is 2.12 bits per heavy atom. The van der Waals surface area contributed by atoms with Crippen LogP contribution in [0, 0.1) is 6.92 Å². The predicted octanol–water partition coefficient (Wildman–Crippen LogP) is 3.19. The highest BCUT2D eigenvalue weighted by atomic mass is 79.9. The minimum absolute atomic E-state index is 0.00104. The minimum Gasteiger partial charge on any atom is -0.295 e. The average Bonchev–Trinajstić information content (AvgIpc) is 2.60. The predicted molar refractivity (Wildman–Crippen MR) is 72.8 cm³/mol. The third-order valence-corrected chi connectivity index (χ3v) is 3.19. The van der Waals surface area contributed by atoms with Gasteiger partial charge in [0, 0.05) is 16.2 Å². The standard InChI is InChI=1S/C13H15BrN2O/c1-3-4-11-8-13(17)16(15-11)12-6-5-10(14)7-9(12)2/h5-8,15H,3-4H2,1-2H3. The van der Waals surface area contributed by atoms with Gasteiger partial charge in [-0.2, -0.15) is 0 Å². The zero-order valence-corrected chi connectivity index (χ0v) is 11.5.